The summed E-state index contributed by atoms with van der Waals surface area (Å²) in [5.74, 6) is -2.43. The number of carbonyl (C=O) groups is 2. The van der Waals surface area contributed by atoms with Crippen molar-refractivity contribution >= 4 is 11.9 Å². The van der Waals surface area contributed by atoms with Gasteiger partial charge in [0.25, 0.3) is 11.5 Å². The van der Waals surface area contributed by atoms with Crippen LogP contribution in [0, 0.1) is 5.92 Å². The van der Waals surface area contributed by atoms with E-state index in [0.29, 0.717) is 5.56 Å². The average molecular weight is 359 g/mol. The van der Waals surface area contributed by atoms with Crippen LogP contribution in [0.3, 0.4) is 0 Å². The molecule has 8 heteroatoms. The number of carboxylic acids is 1. The number of methoxy groups -OCH3 is 1. The normalized spacial score (nSPS) is 13.0. The van der Waals surface area contributed by atoms with E-state index in [9.17, 15) is 19.5 Å². The fourth-order valence-electron chi connectivity index (χ4n) is 2.42. The van der Waals surface area contributed by atoms with Crippen molar-refractivity contribution in [2.24, 2.45) is 5.92 Å². The third-order valence-corrected chi connectivity index (χ3v) is 3.94. The van der Waals surface area contributed by atoms with Gasteiger partial charge < -0.3 is 15.2 Å². The van der Waals surface area contributed by atoms with Gasteiger partial charge in [0.2, 0.25) is 0 Å². The number of rotatable bonds is 8. The summed E-state index contributed by atoms with van der Waals surface area (Å²) >= 11 is 0. The van der Waals surface area contributed by atoms with E-state index in [1.54, 1.807) is 30.3 Å². The first-order chi connectivity index (χ1) is 12.4. The van der Waals surface area contributed by atoms with Crippen LogP contribution < -0.4 is 10.9 Å². The molecule has 2 unspecified atom stereocenters. The van der Waals surface area contributed by atoms with Crippen LogP contribution >= 0.6 is 0 Å². The minimum Gasteiger partial charge on any atom is -0.481 e. The fraction of sp³-hybridized carbons (Fsp3) is 0.333. The molecule has 0 bridgehead atoms. The number of hydrogen-bond acceptors (Lipinski definition) is 5. The number of carbonyl (C=O) groups excluding carboxylic acids is 1. The van der Waals surface area contributed by atoms with Crippen LogP contribution in [0.4, 0.5) is 0 Å². The second-order valence-electron chi connectivity index (χ2n) is 5.76. The summed E-state index contributed by atoms with van der Waals surface area (Å²) in [6, 6.07) is 10.7. The zero-order valence-electron chi connectivity index (χ0n) is 14.6. The molecule has 26 heavy (non-hydrogen) atoms. The molecule has 0 aliphatic carbocycles. The number of amides is 1. The van der Waals surface area contributed by atoms with E-state index in [1.807, 2.05) is 0 Å². The highest BCUT2D eigenvalue weighted by Gasteiger charge is 2.27. The van der Waals surface area contributed by atoms with Crippen molar-refractivity contribution in [3.05, 3.63) is 64.1 Å². The van der Waals surface area contributed by atoms with Crippen molar-refractivity contribution in [2.45, 2.75) is 19.5 Å². The van der Waals surface area contributed by atoms with Crippen LogP contribution in [-0.2, 0) is 16.1 Å². The van der Waals surface area contributed by atoms with E-state index in [0.717, 1.165) is 4.68 Å². The lowest BCUT2D eigenvalue weighted by molar-refractivity contribution is -0.142. The summed E-state index contributed by atoms with van der Waals surface area (Å²) in [5, 5.41) is 16.1. The summed E-state index contributed by atoms with van der Waals surface area (Å²) in [6.07, 6.45) is 0. The Hall–Kier alpha value is -3.00. The molecule has 0 spiro atoms. The lowest BCUT2D eigenvalue weighted by atomic mass is 9.94. The van der Waals surface area contributed by atoms with Crippen LogP contribution in [0.1, 0.15) is 29.0 Å². The molecule has 0 fully saturated rings. The Balaban J connectivity index is 2.27. The monoisotopic (exact) mass is 359 g/mol. The number of benzene rings is 1. The summed E-state index contributed by atoms with van der Waals surface area (Å²) in [6.45, 7) is 2.01. The summed E-state index contributed by atoms with van der Waals surface area (Å²) in [5.41, 5.74) is 0.347. The topological polar surface area (TPSA) is 111 Å². The van der Waals surface area contributed by atoms with Gasteiger partial charge in [-0.05, 0) is 18.6 Å². The largest absolute Gasteiger partial charge is 0.481 e. The molecule has 1 amide bonds. The number of carboxylic acid groups (broad SMARTS) is 1. The van der Waals surface area contributed by atoms with Crippen molar-refractivity contribution in [3.8, 4) is 0 Å². The van der Waals surface area contributed by atoms with Gasteiger partial charge in [0.1, 0.15) is 5.69 Å². The lowest BCUT2D eigenvalue weighted by Gasteiger charge is -2.22. The van der Waals surface area contributed by atoms with Gasteiger partial charge in [0.15, 0.2) is 0 Å². The van der Waals surface area contributed by atoms with Crippen LogP contribution in [0.15, 0.2) is 47.3 Å². The number of aliphatic carboxylic acids is 1. The molecule has 2 rings (SSSR count). The van der Waals surface area contributed by atoms with Crippen molar-refractivity contribution < 1.29 is 19.4 Å². The molecular formula is C18H21N3O5. The van der Waals surface area contributed by atoms with E-state index in [1.165, 1.54) is 26.2 Å². The van der Waals surface area contributed by atoms with E-state index in [4.69, 9.17) is 4.74 Å². The first-order valence-corrected chi connectivity index (χ1v) is 8.09. The van der Waals surface area contributed by atoms with Gasteiger partial charge in [-0.25, -0.2) is 4.68 Å². The maximum absolute atomic E-state index is 12.6. The molecule has 1 aromatic heterocycles. The SMILES string of the molecule is COCCn1nc(C(=O)NC(c2ccccc2)C(C)C(=O)O)ccc1=O. The van der Waals surface area contributed by atoms with Crippen molar-refractivity contribution in [1.82, 2.24) is 15.1 Å². The molecule has 1 aromatic carbocycles. The zero-order chi connectivity index (χ0) is 19.1. The highest BCUT2D eigenvalue weighted by atomic mass is 16.5. The minimum atomic E-state index is -1.03. The maximum atomic E-state index is 12.6. The smallest absolute Gasteiger partial charge is 0.308 e. The first kappa shape index (κ1) is 19.3. The molecule has 0 aliphatic rings. The lowest BCUT2D eigenvalue weighted by Crippen LogP contribution is -2.37. The minimum absolute atomic E-state index is 0.0271. The maximum Gasteiger partial charge on any atom is 0.308 e. The Morgan fingerprint density at radius 1 is 1.23 bits per heavy atom. The zero-order valence-corrected chi connectivity index (χ0v) is 14.6. The Morgan fingerprint density at radius 3 is 2.54 bits per heavy atom. The molecule has 2 atom stereocenters. The molecular weight excluding hydrogens is 338 g/mol. The third-order valence-electron chi connectivity index (χ3n) is 3.94. The van der Waals surface area contributed by atoms with Crippen LogP contribution in [0.5, 0.6) is 0 Å². The van der Waals surface area contributed by atoms with Crippen LogP contribution in [0.2, 0.25) is 0 Å². The van der Waals surface area contributed by atoms with Crippen molar-refractivity contribution in [3.63, 3.8) is 0 Å². The fourth-order valence-corrected chi connectivity index (χ4v) is 2.42. The van der Waals surface area contributed by atoms with Crippen molar-refractivity contribution in [2.75, 3.05) is 13.7 Å². The van der Waals surface area contributed by atoms with E-state index < -0.39 is 23.8 Å². The van der Waals surface area contributed by atoms with E-state index in [-0.39, 0.29) is 24.4 Å². The van der Waals surface area contributed by atoms with Gasteiger partial charge in [-0.2, -0.15) is 5.10 Å². The van der Waals surface area contributed by atoms with Crippen LogP contribution in [-0.4, -0.2) is 40.5 Å². The quantitative estimate of drug-likeness (QED) is 0.730. The predicted molar refractivity (Wildman–Crippen MR) is 93.8 cm³/mol. The molecule has 0 saturated heterocycles. The van der Waals surface area contributed by atoms with Crippen molar-refractivity contribution in [1.29, 1.82) is 0 Å². The Kier molecular flexibility index (Phi) is 6.62. The number of aromatic nitrogens is 2. The van der Waals surface area contributed by atoms with Gasteiger partial charge in [-0.15, -0.1) is 0 Å². The second-order valence-corrected chi connectivity index (χ2v) is 5.76. The predicted octanol–water partition coefficient (Wildman–Crippen LogP) is 1.08. The number of nitrogens with zero attached hydrogens (tertiary/aromatic N) is 2. The van der Waals surface area contributed by atoms with Gasteiger partial charge >= 0.3 is 5.97 Å². The van der Waals surface area contributed by atoms with Gasteiger partial charge in [0, 0.05) is 13.2 Å². The van der Waals surface area contributed by atoms with E-state index >= 15 is 0 Å². The number of nitrogens with one attached hydrogen (secondary N) is 1. The molecule has 2 aromatic rings. The molecule has 0 aliphatic heterocycles. The molecule has 2 N–H and O–H groups in total. The second kappa shape index (κ2) is 8.91. The Labute approximate surface area is 150 Å². The standard InChI is InChI=1S/C18H21N3O5/c1-12(18(24)25)16(13-6-4-3-5-7-13)19-17(23)14-8-9-15(22)21(20-14)10-11-26-2/h3-9,12,16H,10-11H2,1-2H3,(H,19,23)(H,24,25). The van der Waals surface area contributed by atoms with Crippen LogP contribution in [0.25, 0.3) is 0 Å². The first-order valence-electron chi connectivity index (χ1n) is 8.09. The van der Waals surface area contributed by atoms with E-state index in [2.05, 4.69) is 10.4 Å². The molecule has 0 saturated carbocycles. The Bertz CT molecular complexity index is 819. The summed E-state index contributed by atoms with van der Waals surface area (Å²) in [7, 11) is 1.50. The Morgan fingerprint density at radius 2 is 1.92 bits per heavy atom. The molecule has 0 radical (unpaired) electrons. The van der Waals surface area contributed by atoms with Gasteiger partial charge in [0.05, 0.1) is 25.1 Å². The average Bonchev–Trinajstić information content (AvgIpc) is 2.65. The van der Waals surface area contributed by atoms with Gasteiger partial charge in [-0.1, -0.05) is 30.3 Å². The third kappa shape index (κ3) is 4.76. The van der Waals surface area contributed by atoms with Gasteiger partial charge in [-0.3, -0.25) is 14.4 Å². The summed E-state index contributed by atoms with van der Waals surface area (Å²) in [4.78, 5) is 35.8. The summed E-state index contributed by atoms with van der Waals surface area (Å²) < 4.78 is 6.05. The number of ether oxygens (including phenoxy) is 1. The molecule has 8 nitrogen and oxygen atoms in total. The molecule has 1 heterocycles. The highest BCUT2D eigenvalue weighted by Crippen LogP contribution is 2.22. The number of hydrogen-bond donors (Lipinski definition) is 2. The highest BCUT2D eigenvalue weighted by molar-refractivity contribution is 5.92. The molecule has 138 valence electrons.